The predicted octanol–water partition coefficient (Wildman–Crippen LogP) is 0.582. The van der Waals surface area contributed by atoms with E-state index in [2.05, 4.69) is 9.47 Å². The molecule has 2 aliphatic rings. The summed E-state index contributed by atoms with van der Waals surface area (Å²) in [5.74, 6) is -3.46. The van der Waals surface area contributed by atoms with Crippen molar-refractivity contribution in [2.75, 3.05) is 0 Å². The maximum Gasteiger partial charge on any atom is 0.316 e. The average molecular weight is 254 g/mol. The summed E-state index contributed by atoms with van der Waals surface area (Å²) in [7, 11) is 0. The molecule has 0 spiro atoms. The Kier molecular flexibility index (Phi) is 3.45. The van der Waals surface area contributed by atoms with Crippen LogP contribution in [0.4, 0.5) is 0 Å². The van der Waals surface area contributed by atoms with Gasteiger partial charge < -0.3 is 9.47 Å². The van der Waals surface area contributed by atoms with Gasteiger partial charge in [-0.2, -0.15) is 0 Å². The third-order valence-corrected chi connectivity index (χ3v) is 3.39. The molecule has 3 atom stereocenters. The smallest absolute Gasteiger partial charge is 0.316 e. The molecule has 0 saturated carbocycles. The molecule has 2 saturated heterocycles. The quantitative estimate of drug-likeness (QED) is 0.529. The first-order valence-corrected chi connectivity index (χ1v) is 5.97. The predicted molar refractivity (Wildman–Crippen MR) is 56.8 cm³/mol. The lowest BCUT2D eigenvalue weighted by atomic mass is 9.83. The molecule has 0 aromatic heterocycles. The van der Waals surface area contributed by atoms with Crippen molar-refractivity contribution >= 4 is 23.9 Å². The second kappa shape index (κ2) is 4.88. The van der Waals surface area contributed by atoms with Crippen molar-refractivity contribution in [3.05, 3.63) is 0 Å². The SMILES string of the molecule is CC1CC(CC2CCC(=O)OC2=O)C(=O)OC1=O. The van der Waals surface area contributed by atoms with Gasteiger partial charge in [0.25, 0.3) is 0 Å². The summed E-state index contributed by atoms with van der Waals surface area (Å²) in [6, 6.07) is 0. The Bertz CT molecular complexity index is 413. The van der Waals surface area contributed by atoms with Gasteiger partial charge in [-0.3, -0.25) is 19.2 Å². The molecule has 98 valence electrons. The number of hydrogen-bond acceptors (Lipinski definition) is 6. The van der Waals surface area contributed by atoms with Crippen molar-refractivity contribution in [1.29, 1.82) is 0 Å². The maximum absolute atomic E-state index is 11.5. The minimum absolute atomic E-state index is 0.187. The zero-order valence-corrected chi connectivity index (χ0v) is 10.0. The van der Waals surface area contributed by atoms with Gasteiger partial charge in [0.1, 0.15) is 0 Å². The van der Waals surface area contributed by atoms with Crippen LogP contribution in [0.2, 0.25) is 0 Å². The lowest BCUT2D eigenvalue weighted by Gasteiger charge is -2.27. The van der Waals surface area contributed by atoms with E-state index < -0.39 is 35.7 Å². The third kappa shape index (κ3) is 2.57. The van der Waals surface area contributed by atoms with E-state index in [1.54, 1.807) is 6.92 Å². The molecule has 2 rings (SSSR count). The summed E-state index contributed by atoms with van der Waals surface area (Å²) in [5.41, 5.74) is 0. The van der Waals surface area contributed by atoms with E-state index >= 15 is 0 Å². The molecule has 2 fully saturated rings. The highest BCUT2D eigenvalue weighted by molar-refractivity contribution is 5.92. The minimum Gasteiger partial charge on any atom is -0.393 e. The Labute approximate surface area is 104 Å². The van der Waals surface area contributed by atoms with Crippen LogP contribution in [0.3, 0.4) is 0 Å². The number of carbonyl (C=O) groups is 4. The molecule has 2 aliphatic heterocycles. The van der Waals surface area contributed by atoms with Gasteiger partial charge in [0.05, 0.1) is 17.8 Å². The van der Waals surface area contributed by atoms with Crippen molar-refractivity contribution in [1.82, 2.24) is 0 Å². The van der Waals surface area contributed by atoms with Crippen LogP contribution in [-0.2, 0) is 28.7 Å². The Morgan fingerprint density at radius 2 is 1.67 bits per heavy atom. The largest absolute Gasteiger partial charge is 0.393 e. The fourth-order valence-electron chi connectivity index (χ4n) is 2.31. The van der Waals surface area contributed by atoms with Crippen LogP contribution in [0, 0.1) is 17.8 Å². The first-order valence-electron chi connectivity index (χ1n) is 5.97. The van der Waals surface area contributed by atoms with E-state index in [0.717, 1.165) is 0 Å². The highest BCUT2D eigenvalue weighted by Crippen LogP contribution is 2.30. The molecular formula is C12H14O6. The van der Waals surface area contributed by atoms with Gasteiger partial charge in [0.15, 0.2) is 0 Å². The summed E-state index contributed by atoms with van der Waals surface area (Å²) in [6.07, 6.45) is 1.24. The van der Waals surface area contributed by atoms with Gasteiger partial charge in [-0.1, -0.05) is 6.92 Å². The molecule has 0 radical (unpaired) electrons. The zero-order chi connectivity index (χ0) is 13.3. The van der Waals surface area contributed by atoms with Gasteiger partial charge in [-0.15, -0.1) is 0 Å². The Morgan fingerprint density at radius 1 is 1.00 bits per heavy atom. The second-order valence-corrected chi connectivity index (χ2v) is 4.84. The van der Waals surface area contributed by atoms with Crippen LogP contribution >= 0.6 is 0 Å². The number of ether oxygens (including phenoxy) is 2. The number of hydrogen-bond donors (Lipinski definition) is 0. The van der Waals surface area contributed by atoms with E-state index in [0.29, 0.717) is 12.8 Å². The van der Waals surface area contributed by atoms with Gasteiger partial charge in [0.2, 0.25) is 0 Å². The molecule has 0 amide bonds. The molecule has 3 unspecified atom stereocenters. The molecule has 0 aromatic carbocycles. The van der Waals surface area contributed by atoms with Crippen molar-refractivity contribution in [3.8, 4) is 0 Å². The summed E-state index contributed by atoms with van der Waals surface area (Å²) in [6.45, 7) is 1.69. The van der Waals surface area contributed by atoms with E-state index in [9.17, 15) is 19.2 Å². The molecule has 6 nitrogen and oxygen atoms in total. The molecule has 2 heterocycles. The van der Waals surface area contributed by atoms with Crippen molar-refractivity contribution in [3.63, 3.8) is 0 Å². The van der Waals surface area contributed by atoms with Crippen molar-refractivity contribution < 1.29 is 28.7 Å². The fourth-order valence-corrected chi connectivity index (χ4v) is 2.31. The molecule has 6 heteroatoms. The van der Waals surface area contributed by atoms with Crippen molar-refractivity contribution in [2.45, 2.75) is 32.6 Å². The first-order chi connectivity index (χ1) is 8.47. The van der Waals surface area contributed by atoms with Gasteiger partial charge in [-0.05, 0) is 19.3 Å². The van der Waals surface area contributed by atoms with Crippen LogP contribution in [0.25, 0.3) is 0 Å². The van der Waals surface area contributed by atoms with Gasteiger partial charge in [-0.25, -0.2) is 0 Å². The number of carbonyl (C=O) groups excluding carboxylic acids is 4. The van der Waals surface area contributed by atoms with E-state index in [4.69, 9.17) is 0 Å². The van der Waals surface area contributed by atoms with Crippen LogP contribution in [0.15, 0.2) is 0 Å². The molecule has 0 aromatic rings. The number of rotatable bonds is 2. The second-order valence-electron chi connectivity index (χ2n) is 4.84. The van der Waals surface area contributed by atoms with E-state index in [1.807, 2.05) is 0 Å². The highest BCUT2D eigenvalue weighted by Gasteiger charge is 2.39. The third-order valence-electron chi connectivity index (χ3n) is 3.39. The van der Waals surface area contributed by atoms with Crippen LogP contribution < -0.4 is 0 Å². The fraction of sp³-hybridized carbons (Fsp3) is 0.667. The van der Waals surface area contributed by atoms with Gasteiger partial charge >= 0.3 is 23.9 Å². The van der Waals surface area contributed by atoms with E-state index in [1.165, 1.54) is 0 Å². The molecule has 0 aliphatic carbocycles. The summed E-state index contributed by atoms with van der Waals surface area (Å²) < 4.78 is 9.14. The maximum atomic E-state index is 11.5. The number of cyclic esters (lactones) is 4. The lowest BCUT2D eigenvalue weighted by molar-refractivity contribution is -0.173. The normalized spacial score (nSPS) is 33.1. The average Bonchev–Trinajstić information content (AvgIpc) is 2.29. The Balaban J connectivity index is 1.97. The lowest BCUT2D eigenvalue weighted by Crippen LogP contribution is -2.37. The molecule has 18 heavy (non-hydrogen) atoms. The van der Waals surface area contributed by atoms with Crippen LogP contribution in [0.1, 0.15) is 32.6 Å². The summed E-state index contributed by atoms with van der Waals surface area (Å²) in [4.78, 5) is 45.1. The van der Waals surface area contributed by atoms with E-state index in [-0.39, 0.29) is 18.8 Å². The zero-order valence-electron chi connectivity index (χ0n) is 10.0. The molecular weight excluding hydrogens is 240 g/mol. The number of esters is 4. The monoisotopic (exact) mass is 254 g/mol. The molecule has 0 N–H and O–H groups in total. The topological polar surface area (TPSA) is 86.7 Å². The van der Waals surface area contributed by atoms with Crippen LogP contribution in [-0.4, -0.2) is 23.9 Å². The first kappa shape index (κ1) is 12.7. The minimum atomic E-state index is -0.581. The highest BCUT2D eigenvalue weighted by atomic mass is 16.6. The van der Waals surface area contributed by atoms with Crippen LogP contribution in [0.5, 0.6) is 0 Å². The summed E-state index contributed by atoms with van der Waals surface area (Å²) in [5, 5.41) is 0. The van der Waals surface area contributed by atoms with Gasteiger partial charge in [0, 0.05) is 6.42 Å². The summed E-state index contributed by atoms with van der Waals surface area (Å²) >= 11 is 0. The van der Waals surface area contributed by atoms with Crippen molar-refractivity contribution in [2.24, 2.45) is 17.8 Å². The molecule has 0 bridgehead atoms. The standard InChI is InChI=1S/C12H14O6/c1-6-4-8(12(16)18-10(6)14)5-7-2-3-9(13)17-11(7)15/h6-8H,2-5H2,1H3. The Hall–Kier alpha value is -1.72. The Morgan fingerprint density at radius 3 is 2.33 bits per heavy atom.